The summed E-state index contributed by atoms with van der Waals surface area (Å²) < 4.78 is 0. The van der Waals surface area contributed by atoms with E-state index < -0.39 is 0 Å². The smallest absolute Gasteiger partial charge is 0.0444 e. The van der Waals surface area contributed by atoms with Crippen molar-refractivity contribution < 1.29 is 0 Å². The summed E-state index contributed by atoms with van der Waals surface area (Å²) in [7, 11) is 0. The van der Waals surface area contributed by atoms with Crippen LogP contribution >= 0.6 is 0 Å². The summed E-state index contributed by atoms with van der Waals surface area (Å²) in [5.41, 5.74) is 6.10. The maximum absolute atomic E-state index is 2.82. The lowest BCUT2D eigenvalue weighted by atomic mass is 9.68. The first-order chi connectivity index (χ1) is 15.3. The average Bonchev–Trinajstić information content (AvgIpc) is 3.28. The van der Waals surface area contributed by atoms with E-state index in [0.717, 1.165) is 0 Å². The van der Waals surface area contributed by atoms with E-state index in [1.807, 2.05) is 0 Å². The van der Waals surface area contributed by atoms with E-state index in [1.54, 1.807) is 0 Å². The number of nitrogens with zero attached hydrogens (tertiary/aromatic N) is 1. The normalized spacial score (nSPS) is 25.4. The lowest BCUT2D eigenvalue weighted by Crippen LogP contribution is -2.45. The molecule has 1 heterocycles. The predicted octanol–water partition coefficient (Wildman–Crippen LogP) is 7.43. The molecule has 3 atom stereocenters. The Balaban J connectivity index is 1.61. The Hall–Kier alpha value is -2.38. The van der Waals surface area contributed by atoms with Gasteiger partial charge in [-0.05, 0) is 74.7 Å². The molecule has 1 saturated carbocycles. The zero-order chi connectivity index (χ0) is 21.1. The van der Waals surface area contributed by atoms with Gasteiger partial charge < -0.3 is 0 Å². The lowest BCUT2D eigenvalue weighted by Gasteiger charge is -2.47. The minimum absolute atomic E-state index is 0.161. The first-order valence-corrected chi connectivity index (χ1v) is 12.2. The maximum atomic E-state index is 2.82. The van der Waals surface area contributed by atoms with Gasteiger partial charge >= 0.3 is 0 Å². The summed E-state index contributed by atoms with van der Waals surface area (Å²) in [6.07, 6.45) is 7.80. The molecule has 1 saturated heterocycles. The fourth-order valence-corrected chi connectivity index (χ4v) is 6.41. The fourth-order valence-electron chi connectivity index (χ4n) is 6.41. The third kappa shape index (κ3) is 4.08. The van der Waals surface area contributed by atoms with Crippen LogP contribution in [0.3, 0.4) is 0 Å². The van der Waals surface area contributed by atoms with E-state index in [2.05, 4.69) is 96.8 Å². The van der Waals surface area contributed by atoms with Gasteiger partial charge in [-0.1, -0.05) is 96.9 Å². The number of hydrogen-bond acceptors (Lipinski definition) is 1. The maximum Gasteiger partial charge on any atom is 0.0444 e. The molecule has 2 aliphatic rings. The molecule has 0 bridgehead atoms. The second-order valence-corrected chi connectivity index (χ2v) is 9.79. The van der Waals surface area contributed by atoms with Crippen molar-refractivity contribution in [2.75, 3.05) is 13.1 Å². The van der Waals surface area contributed by atoms with Gasteiger partial charge in [-0.3, -0.25) is 4.90 Å². The number of benzene rings is 3. The van der Waals surface area contributed by atoms with Crippen LogP contribution in [0.1, 0.15) is 72.7 Å². The van der Waals surface area contributed by atoms with Crippen LogP contribution < -0.4 is 0 Å². The molecule has 0 spiro atoms. The van der Waals surface area contributed by atoms with Crippen molar-refractivity contribution in [1.29, 1.82) is 0 Å². The summed E-state index contributed by atoms with van der Waals surface area (Å²) in [5, 5.41) is 0. The highest BCUT2D eigenvalue weighted by atomic mass is 15.2. The third-order valence-corrected chi connectivity index (χ3v) is 7.81. The van der Waals surface area contributed by atoms with E-state index >= 15 is 0 Å². The molecular weight excluding hydrogens is 374 g/mol. The Morgan fingerprint density at radius 1 is 0.806 bits per heavy atom. The topological polar surface area (TPSA) is 3.24 Å². The molecule has 1 heteroatoms. The fraction of sp³-hybridized carbons (Fsp3) is 0.400. The number of rotatable bonds is 5. The molecule has 1 nitrogen and oxygen atoms in total. The molecule has 160 valence electrons. The Bertz CT molecular complexity index is 974. The molecule has 0 N–H and O–H groups in total. The van der Waals surface area contributed by atoms with Crippen molar-refractivity contribution in [2.24, 2.45) is 0 Å². The van der Waals surface area contributed by atoms with Crippen LogP contribution in [0.15, 0.2) is 84.9 Å². The van der Waals surface area contributed by atoms with Crippen LogP contribution in [-0.2, 0) is 5.41 Å². The SMILES string of the molecule is Cc1cccc(C2CCC(c3ccccc3)(C(c3ccccc3)N3CCCCC3)C2)c1. The van der Waals surface area contributed by atoms with Gasteiger partial charge in [0.2, 0.25) is 0 Å². The van der Waals surface area contributed by atoms with Crippen LogP contribution in [0.25, 0.3) is 0 Å². The van der Waals surface area contributed by atoms with E-state index in [1.165, 1.54) is 73.9 Å². The van der Waals surface area contributed by atoms with E-state index in [-0.39, 0.29) is 5.41 Å². The van der Waals surface area contributed by atoms with Gasteiger partial charge in [0.1, 0.15) is 0 Å². The summed E-state index contributed by atoms with van der Waals surface area (Å²) in [6.45, 7) is 4.68. The molecule has 0 aromatic heterocycles. The Morgan fingerprint density at radius 3 is 2.23 bits per heavy atom. The highest BCUT2D eigenvalue weighted by Crippen LogP contribution is 2.56. The summed E-state index contributed by atoms with van der Waals surface area (Å²) in [6, 6.07) is 32.5. The van der Waals surface area contributed by atoms with Gasteiger partial charge in [0, 0.05) is 11.5 Å². The third-order valence-electron chi connectivity index (χ3n) is 7.81. The van der Waals surface area contributed by atoms with Gasteiger partial charge in [0.15, 0.2) is 0 Å². The summed E-state index contributed by atoms with van der Waals surface area (Å²) in [4.78, 5) is 2.82. The average molecular weight is 410 g/mol. The molecule has 31 heavy (non-hydrogen) atoms. The predicted molar refractivity (Wildman–Crippen MR) is 130 cm³/mol. The van der Waals surface area contributed by atoms with Crippen LogP contribution in [0.2, 0.25) is 0 Å². The molecular formula is C30H35N. The zero-order valence-corrected chi connectivity index (χ0v) is 18.8. The van der Waals surface area contributed by atoms with Gasteiger partial charge in [0.25, 0.3) is 0 Å². The van der Waals surface area contributed by atoms with Crippen molar-refractivity contribution in [1.82, 2.24) is 4.90 Å². The minimum atomic E-state index is 0.161. The zero-order valence-electron chi connectivity index (χ0n) is 18.8. The Kier molecular flexibility index (Phi) is 5.96. The highest BCUT2D eigenvalue weighted by Gasteiger charge is 2.49. The van der Waals surface area contributed by atoms with Gasteiger partial charge in [-0.2, -0.15) is 0 Å². The monoisotopic (exact) mass is 409 g/mol. The molecule has 0 radical (unpaired) electrons. The summed E-state index contributed by atoms with van der Waals surface area (Å²) >= 11 is 0. The van der Waals surface area contributed by atoms with Crippen LogP contribution in [0.4, 0.5) is 0 Å². The van der Waals surface area contributed by atoms with E-state index in [9.17, 15) is 0 Å². The summed E-state index contributed by atoms with van der Waals surface area (Å²) in [5.74, 6) is 0.635. The molecule has 3 unspecified atom stereocenters. The number of piperidine rings is 1. The second-order valence-electron chi connectivity index (χ2n) is 9.79. The van der Waals surface area contributed by atoms with Crippen LogP contribution in [0.5, 0.6) is 0 Å². The lowest BCUT2D eigenvalue weighted by molar-refractivity contribution is 0.0943. The molecule has 1 aliphatic heterocycles. The van der Waals surface area contributed by atoms with Gasteiger partial charge in [-0.25, -0.2) is 0 Å². The van der Waals surface area contributed by atoms with Gasteiger partial charge in [-0.15, -0.1) is 0 Å². The number of hydrogen-bond donors (Lipinski definition) is 0. The minimum Gasteiger partial charge on any atom is -0.295 e. The number of likely N-dealkylation sites (tertiary alicyclic amines) is 1. The first-order valence-electron chi connectivity index (χ1n) is 12.2. The van der Waals surface area contributed by atoms with Crippen molar-refractivity contribution in [2.45, 2.75) is 62.8 Å². The van der Waals surface area contributed by atoms with Crippen LogP contribution in [-0.4, -0.2) is 18.0 Å². The van der Waals surface area contributed by atoms with Crippen molar-refractivity contribution in [3.63, 3.8) is 0 Å². The Morgan fingerprint density at radius 2 is 1.52 bits per heavy atom. The quantitative estimate of drug-likeness (QED) is 0.423. The molecule has 3 aromatic carbocycles. The van der Waals surface area contributed by atoms with Crippen molar-refractivity contribution in [3.8, 4) is 0 Å². The highest BCUT2D eigenvalue weighted by molar-refractivity contribution is 5.38. The largest absolute Gasteiger partial charge is 0.295 e. The second kappa shape index (κ2) is 9.01. The molecule has 5 rings (SSSR count). The van der Waals surface area contributed by atoms with E-state index in [0.29, 0.717) is 12.0 Å². The van der Waals surface area contributed by atoms with E-state index in [4.69, 9.17) is 0 Å². The van der Waals surface area contributed by atoms with Crippen molar-refractivity contribution in [3.05, 3.63) is 107 Å². The first kappa shape index (κ1) is 20.5. The van der Waals surface area contributed by atoms with Crippen molar-refractivity contribution >= 4 is 0 Å². The molecule has 1 aliphatic carbocycles. The van der Waals surface area contributed by atoms with Crippen LogP contribution in [0, 0.1) is 6.92 Å². The molecule has 3 aromatic rings. The molecule has 2 fully saturated rings. The molecule has 0 amide bonds. The standard InChI is InChI=1S/C30H35N/c1-24-12-11-15-26(22-24)27-18-19-30(23-27,28-16-7-3-8-17-28)29(25-13-5-2-6-14-25)31-20-9-4-10-21-31/h2-3,5-8,11-17,22,27,29H,4,9-10,18-21,23H2,1H3. The number of aryl methyl sites for hydroxylation is 1. The van der Waals surface area contributed by atoms with Gasteiger partial charge in [0.05, 0.1) is 0 Å². The Labute approximate surface area is 188 Å².